The molecule has 7 heteroatoms. The Hall–Kier alpha value is -1.82. The second kappa shape index (κ2) is 10.5. The molecule has 30 heavy (non-hydrogen) atoms. The van der Waals surface area contributed by atoms with Gasteiger partial charge in [-0.1, -0.05) is 48.7 Å². The first-order valence-electron chi connectivity index (χ1n) is 10.2. The summed E-state index contributed by atoms with van der Waals surface area (Å²) in [5, 5.41) is 3.14. The number of carbonyl (C=O) groups is 2. The highest BCUT2D eigenvalue weighted by atomic mass is 35.5. The number of thiophene rings is 1. The summed E-state index contributed by atoms with van der Waals surface area (Å²) in [6, 6.07) is 7.16. The van der Waals surface area contributed by atoms with Gasteiger partial charge in [-0.05, 0) is 47.5 Å². The summed E-state index contributed by atoms with van der Waals surface area (Å²) in [5.74, 6) is -0.103. The van der Waals surface area contributed by atoms with Crippen molar-refractivity contribution in [2.75, 3.05) is 19.6 Å². The number of rotatable bonds is 8. The summed E-state index contributed by atoms with van der Waals surface area (Å²) in [6.07, 6.45) is 4.65. The van der Waals surface area contributed by atoms with E-state index in [0.717, 1.165) is 30.4 Å². The zero-order valence-corrected chi connectivity index (χ0v) is 19.4. The van der Waals surface area contributed by atoms with Gasteiger partial charge in [-0.15, -0.1) is 17.9 Å². The Bertz CT molecular complexity index is 928. The highest BCUT2D eigenvalue weighted by molar-refractivity contribution is 7.10. The van der Waals surface area contributed by atoms with Crippen molar-refractivity contribution in [3.63, 3.8) is 0 Å². The summed E-state index contributed by atoms with van der Waals surface area (Å²) in [6.45, 7) is 6.77. The van der Waals surface area contributed by atoms with Crippen LogP contribution in [0, 0.1) is 0 Å². The minimum atomic E-state index is -0.284. The van der Waals surface area contributed by atoms with Crippen LogP contribution in [0.25, 0.3) is 0 Å². The van der Waals surface area contributed by atoms with E-state index >= 15 is 0 Å². The zero-order chi connectivity index (χ0) is 21.7. The highest BCUT2D eigenvalue weighted by Gasteiger charge is 2.34. The summed E-state index contributed by atoms with van der Waals surface area (Å²) in [5.41, 5.74) is 1.94. The molecule has 2 amide bonds. The van der Waals surface area contributed by atoms with Gasteiger partial charge in [0.2, 0.25) is 11.8 Å². The lowest BCUT2D eigenvalue weighted by molar-refractivity contribution is -0.141. The number of fused-ring (bicyclic) bond motifs is 1. The van der Waals surface area contributed by atoms with Gasteiger partial charge in [0.15, 0.2) is 0 Å². The second-order valence-electron chi connectivity index (χ2n) is 7.37. The molecule has 1 unspecified atom stereocenters. The molecular formula is C23H26Cl2N2O2S. The molecule has 0 saturated heterocycles. The van der Waals surface area contributed by atoms with Gasteiger partial charge in [-0.25, -0.2) is 0 Å². The van der Waals surface area contributed by atoms with Crippen molar-refractivity contribution in [3.8, 4) is 0 Å². The summed E-state index contributed by atoms with van der Waals surface area (Å²) in [7, 11) is 0. The number of benzene rings is 1. The van der Waals surface area contributed by atoms with Crippen molar-refractivity contribution in [2.24, 2.45) is 0 Å². The van der Waals surface area contributed by atoms with E-state index in [2.05, 4.69) is 12.6 Å². The van der Waals surface area contributed by atoms with E-state index in [1.807, 2.05) is 23.3 Å². The molecule has 4 nitrogen and oxygen atoms in total. The molecule has 0 N–H and O–H groups in total. The molecule has 160 valence electrons. The quantitative estimate of drug-likeness (QED) is 0.467. The Balaban J connectivity index is 1.89. The van der Waals surface area contributed by atoms with Crippen molar-refractivity contribution in [2.45, 2.75) is 38.6 Å². The minimum absolute atomic E-state index is 0.0144. The van der Waals surface area contributed by atoms with Crippen LogP contribution in [0.1, 0.15) is 48.2 Å². The van der Waals surface area contributed by atoms with Gasteiger partial charge in [0.05, 0.1) is 6.04 Å². The number of unbranched alkanes of at least 4 members (excludes halogenated alkanes) is 1. The summed E-state index contributed by atoms with van der Waals surface area (Å²) < 4.78 is 0. The lowest BCUT2D eigenvalue weighted by Gasteiger charge is -2.38. The van der Waals surface area contributed by atoms with E-state index in [1.54, 1.807) is 34.4 Å². The monoisotopic (exact) mass is 464 g/mol. The van der Waals surface area contributed by atoms with Crippen LogP contribution in [0.4, 0.5) is 0 Å². The van der Waals surface area contributed by atoms with Crippen molar-refractivity contribution in [3.05, 3.63) is 68.3 Å². The van der Waals surface area contributed by atoms with Crippen LogP contribution in [-0.4, -0.2) is 41.2 Å². The number of hydrogen-bond acceptors (Lipinski definition) is 3. The van der Waals surface area contributed by atoms with Gasteiger partial charge in [-0.2, -0.15) is 0 Å². The second-order valence-corrected chi connectivity index (χ2v) is 9.22. The molecular weight excluding hydrogens is 439 g/mol. The molecule has 0 radical (unpaired) electrons. The van der Waals surface area contributed by atoms with Crippen LogP contribution in [0.5, 0.6) is 0 Å². The number of halogens is 2. The molecule has 2 heterocycles. The smallest absolute Gasteiger partial charge is 0.243 e. The zero-order valence-electron chi connectivity index (χ0n) is 17.1. The molecule has 3 rings (SSSR count). The average molecular weight is 465 g/mol. The predicted octanol–water partition coefficient (Wildman–Crippen LogP) is 5.73. The predicted molar refractivity (Wildman–Crippen MR) is 124 cm³/mol. The maximum Gasteiger partial charge on any atom is 0.243 e. The third-order valence-electron chi connectivity index (χ3n) is 5.32. The fourth-order valence-electron chi connectivity index (χ4n) is 3.79. The van der Waals surface area contributed by atoms with E-state index in [1.165, 1.54) is 4.88 Å². The number of amides is 2. The van der Waals surface area contributed by atoms with E-state index in [-0.39, 0.29) is 24.4 Å². The molecule has 0 spiro atoms. The lowest BCUT2D eigenvalue weighted by atomic mass is 9.93. The Morgan fingerprint density at radius 1 is 1.30 bits per heavy atom. The molecule has 0 bridgehead atoms. The van der Waals surface area contributed by atoms with Gasteiger partial charge < -0.3 is 9.80 Å². The first-order chi connectivity index (χ1) is 14.5. The molecule has 1 atom stereocenters. The van der Waals surface area contributed by atoms with Crippen molar-refractivity contribution in [1.82, 2.24) is 9.80 Å². The van der Waals surface area contributed by atoms with Crippen LogP contribution < -0.4 is 0 Å². The number of carbonyl (C=O) groups excluding carboxylic acids is 2. The molecule has 2 aromatic rings. The van der Waals surface area contributed by atoms with Gasteiger partial charge in [0.1, 0.15) is 6.54 Å². The van der Waals surface area contributed by atoms with Crippen LogP contribution in [-0.2, 0) is 16.0 Å². The normalized spacial score (nSPS) is 15.6. The van der Waals surface area contributed by atoms with Crippen LogP contribution >= 0.6 is 34.5 Å². The molecule has 1 aliphatic rings. The van der Waals surface area contributed by atoms with Crippen molar-refractivity contribution < 1.29 is 9.59 Å². The Kier molecular flexibility index (Phi) is 7.98. The van der Waals surface area contributed by atoms with Gasteiger partial charge in [0, 0.05) is 34.4 Å². The molecule has 1 aliphatic heterocycles. The number of hydrogen-bond donors (Lipinski definition) is 0. The molecule has 1 aromatic carbocycles. The topological polar surface area (TPSA) is 40.6 Å². The maximum absolute atomic E-state index is 13.4. The lowest BCUT2D eigenvalue weighted by Crippen LogP contribution is -2.46. The van der Waals surface area contributed by atoms with Gasteiger partial charge in [-0.3, -0.25) is 9.59 Å². The fraction of sp³-hybridized carbons (Fsp3) is 0.391. The van der Waals surface area contributed by atoms with Crippen LogP contribution in [0.15, 0.2) is 42.3 Å². The van der Waals surface area contributed by atoms with Crippen molar-refractivity contribution >= 4 is 46.4 Å². The molecule has 0 saturated carbocycles. The van der Waals surface area contributed by atoms with E-state index in [9.17, 15) is 9.59 Å². The van der Waals surface area contributed by atoms with E-state index in [4.69, 9.17) is 23.2 Å². The molecule has 1 aromatic heterocycles. The van der Waals surface area contributed by atoms with Gasteiger partial charge >= 0.3 is 0 Å². The van der Waals surface area contributed by atoms with Crippen molar-refractivity contribution in [1.29, 1.82) is 0 Å². The van der Waals surface area contributed by atoms with Gasteiger partial charge in [0.25, 0.3) is 0 Å². The Morgan fingerprint density at radius 2 is 2.10 bits per heavy atom. The van der Waals surface area contributed by atoms with E-state index < -0.39 is 0 Å². The third-order valence-corrected chi connectivity index (χ3v) is 6.87. The SMILES string of the molecule is C=CCN(CC(=O)N1CCc2sccc2C1c1ccc(Cl)cc1Cl)C(=O)CCCC. The van der Waals surface area contributed by atoms with Crippen LogP contribution in [0.3, 0.4) is 0 Å². The highest BCUT2D eigenvalue weighted by Crippen LogP contribution is 2.41. The van der Waals surface area contributed by atoms with E-state index in [0.29, 0.717) is 29.6 Å². The molecule has 0 aliphatic carbocycles. The fourth-order valence-corrected chi connectivity index (χ4v) is 5.21. The first-order valence-corrected chi connectivity index (χ1v) is 11.8. The third kappa shape index (κ3) is 5.08. The summed E-state index contributed by atoms with van der Waals surface area (Å²) in [4.78, 5) is 30.7. The standard InChI is InChI=1S/C23H26Cl2N2O2S/c1-3-5-6-21(28)26(11-4-2)15-22(29)27-12-9-20-18(10-13-30-20)23(27)17-8-7-16(24)14-19(17)25/h4,7-8,10,13-14,23H,2-3,5-6,9,11-12,15H2,1H3. The average Bonchev–Trinajstić information content (AvgIpc) is 3.20. The minimum Gasteiger partial charge on any atom is -0.330 e. The Morgan fingerprint density at radius 3 is 2.80 bits per heavy atom. The largest absolute Gasteiger partial charge is 0.330 e. The first kappa shape index (κ1) is 22.9. The number of nitrogens with zero attached hydrogens (tertiary/aromatic N) is 2. The Labute approximate surface area is 192 Å². The maximum atomic E-state index is 13.4. The van der Waals surface area contributed by atoms with Crippen LogP contribution in [0.2, 0.25) is 10.0 Å². The molecule has 0 fully saturated rings. The summed E-state index contributed by atoms with van der Waals surface area (Å²) >= 11 is 14.3.